The van der Waals surface area contributed by atoms with Crippen LogP contribution in [0.1, 0.15) is 66.1 Å². The van der Waals surface area contributed by atoms with Crippen molar-refractivity contribution in [1.82, 2.24) is 20.0 Å². The number of aromatic nitrogens is 2. The minimum absolute atomic E-state index is 0.0159. The summed E-state index contributed by atoms with van der Waals surface area (Å²) in [5.41, 5.74) is 2.99. The van der Waals surface area contributed by atoms with E-state index in [4.69, 9.17) is 0 Å². The van der Waals surface area contributed by atoms with Gasteiger partial charge in [0.2, 0.25) is 0 Å². The summed E-state index contributed by atoms with van der Waals surface area (Å²) in [5.74, 6) is 1.48. The number of benzene rings is 1. The van der Waals surface area contributed by atoms with Crippen LogP contribution in [0.15, 0.2) is 36.5 Å². The largest absolute Gasteiger partial charge is 0.349 e. The summed E-state index contributed by atoms with van der Waals surface area (Å²) in [5, 5.41) is 7.52. The molecule has 1 atom stereocenters. The van der Waals surface area contributed by atoms with Crippen molar-refractivity contribution < 1.29 is 4.79 Å². The van der Waals surface area contributed by atoms with E-state index in [1.807, 2.05) is 20.2 Å². The molecule has 2 aliphatic rings. The smallest absolute Gasteiger partial charge is 0.254 e. The molecule has 156 valence electrons. The third kappa shape index (κ3) is 4.89. The highest BCUT2D eigenvalue weighted by atomic mass is 16.1. The number of hydrogen-bond acceptors (Lipinski definition) is 3. The second-order valence-electron chi connectivity index (χ2n) is 8.91. The molecule has 0 bridgehead atoms. The van der Waals surface area contributed by atoms with Gasteiger partial charge in [-0.15, -0.1) is 0 Å². The molecule has 1 amide bonds. The lowest BCUT2D eigenvalue weighted by Crippen LogP contribution is -2.46. The molecule has 1 saturated heterocycles. The van der Waals surface area contributed by atoms with Crippen LogP contribution < -0.4 is 5.32 Å². The Morgan fingerprint density at radius 2 is 1.83 bits per heavy atom. The van der Waals surface area contributed by atoms with E-state index >= 15 is 0 Å². The molecule has 29 heavy (non-hydrogen) atoms. The van der Waals surface area contributed by atoms with E-state index in [-0.39, 0.29) is 11.9 Å². The van der Waals surface area contributed by atoms with Crippen LogP contribution in [-0.2, 0) is 7.05 Å². The van der Waals surface area contributed by atoms with Gasteiger partial charge in [-0.25, -0.2) is 0 Å². The molecule has 1 aliphatic heterocycles. The number of aryl methyl sites for hydroxylation is 2. The van der Waals surface area contributed by atoms with Gasteiger partial charge in [0.05, 0.1) is 11.3 Å². The molecule has 0 radical (unpaired) electrons. The molecule has 0 spiro atoms. The Morgan fingerprint density at radius 1 is 1.14 bits per heavy atom. The van der Waals surface area contributed by atoms with Gasteiger partial charge < -0.3 is 10.2 Å². The molecular weight excluding hydrogens is 360 g/mol. The number of likely N-dealkylation sites (tertiary alicyclic amines) is 1. The third-order valence-corrected chi connectivity index (χ3v) is 6.83. The fraction of sp³-hybridized carbons (Fsp3) is 0.583. The highest BCUT2D eigenvalue weighted by molar-refractivity contribution is 5.95. The summed E-state index contributed by atoms with van der Waals surface area (Å²) in [4.78, 5) is 15.2. The highest BCUT2D eigenvalue weighted by Gasteiger charge is 2.30. The Labute approximate surface area is 174 Å². The molecule has 5 heteroatoms. The number of nitrogens with one attached hydrogen (secondary N) is 1. The van der Waals surface area contributed by atoms with Gasteiger partial charge in [-0.1, -0.05) is 43.2 Å². The Bertz CT molecular complexity index is 802. The van der Waals surface area contributed by atoms with Gasteiger partial charge >= 0.3 is 0 Å². The first-order chi connectivity index (χ1) is 14.1. The number of carbonyl (C=O) groups excluding carboxylic acids is 1. The summed E-state index contributed by atoms with van der Waals surface area (Å²) in [6.07, 6.45) is 9.37. The monoisotopic (exact) mass is 394 g/mol. The Kier molecular flexibility index (Phi) is 6.34. The summed E-state index contributed by atoms with van der Waals surface area (Å²) < 4.78 is 1.71. The van der Waals surface area contributed by atoms with E-state index in [1.54, 1.807) is 4.68 Å². The molecule has 1 N–H and O–H groups in total. The number of hydrogen-bond donors (Lipinski definition) is 1. The normalized spacial score (nSPS) is 20.1. The molecule has 0 unspecified atom stereocenters. The van der Waals surface area contributed by atoms with Crippen molar-refractivity contribution in [1.29, 1.82) is 0 Å². The number of amides is 1. The van der Waals surface area contributed by atoms with E-state index < -0.39 is 0 Å². The van der Waals surface area contributed by atoms with E-state index in [1.165, 1.54) is 31.2 Å². The van der Waals surface area contributed by atoms with E-state index in [9.17, 15) is 4.79 Å². The van der Waals surface area contributed by atoms with Crippen molar-refractivity contribution in [3.05, 3.63) is 53.3 Å². The topological polar surface area (TPSA) is 50.2 Å². The van der Waals surface area contributed by atoms with Crippen molar-refractivity contribution in [2.24, 2.45) is 13.0 Å². The van der Waals surface area contributed by atoms with E-state index in [0.717, 1.165) is 44.1 Å². The fourth-order valence-corrected chi connectivity index (χ4v) is 5.21. The fourth-order valence-electron chi connectivity index (χ4n) is 5.21. The minimum atomic E-state index is 0.0159. The first kappa shape index (κ1) is 20.1. The molecule has 1 saturated carbocycles. The van der Waals surface area contributed by atoms with Crippen molar-refractivity contribution in [2.45, 2.75) is 57.4 Å². The molecule has 2 aromatic rings. The molecule has 1 aromatic carbocycles. The van der Waals surface area contributed by atoms with Crippen LogP contribution in [0.5, 0.6) is 0 Å². The Morgan fingerprint density at radius 3 is 2.45 bits per heavy atom. The van der Waals surface area contributed by atoms with Crippen molar-refractivity contribution in [3.8, 4) is 0 Å². The van der Waals surface area contributed by atoms with Gasteiger partial charge in [0, 0.05) is 38.9 Å². The van der Waals surface area contributed by atoms with Crippen molar-refractivity contribution >= 4 is 5.91 Å². The number of nitrogens with zero attached hydrogens (tertiary/aromatic N) is 3. The maximum atomic E-state index is 12.6. The molecular formula is C24H34N4O. The zero-order valence-electron chi connectivity index (χ0n) is 17.8. The van der Waals surface area contributed by atoms with Gasteiger partial charge in [0.1, 0.15) is 0 Å². The van der Waals surface area contributed by atoms with Crippen molar-refractivity contribution in [3.63, 3.8) is 0 Å². The third-order valence-electron chi connectivity index (χ3n) is 6.83. The molecule has 2 heterocycles. The summed E-state index contributed by atoms with van der Waals surface area (Å²) >= 11 is 0. The van der Waals surface area contributed by atoms with Crippen LogP contribution in [0.3, 0.4) is 0 Å². The highest BCUT2D eigenvalue weighted by Crippen LogP contribution is 2.38. The zero-order chi connectivity index (χ0) is 20.2. The van der Waals surface area contributed by atoms with Crippen LogP contribution in [0, 0.1) is 12.8 Å². The number of carbonyl (C=O) groups is 1. The van der Waals surface area contributed by atoms with E-state index in [0.29, 0.717) is 11.5 Å². The summed E-state index contributed by atoms with van der Waals surface area (Å²) in [7, 11) is 1.86. The summed E-state index contributed by atoms with van der Waals surface area (Å²) in [6, 6.07) is 11.4. The van der Waals surface area contributed by atoms with Gasteiger partial charge in [-0.3, -0.25) is 9.48 Å². The lowest BCUT2D eigenvalue weighted by Gasteiger charge is -2.36. The maximum absolute atomic E-state index is 12.6. The van der Waals surface area contributed by atoms with Gasteiger partial charge in [0.25, 0.3) is 5.91 Å². The molecule has 5 nitrogen and oxygen atoms in total. The van der Waals surface area contributed by atoms with Crippen molar-refractivity contribution in [2.75, 3.05) is 19.6 Å². The molecule has 1 aromatic heterocycles. The van der Waals surface area contributed by atoms with Crippen LogP contribution in [0.25, 0.3) is 0 Å². The van der Waals surface area contributed by atoms with E-state index in [2.05, 4.69) is 45.6 Å². The van der Waals surface area contributed by atoms with Gasteiger partial charge in [-0.05, 0) is 50.0 Å². The van der Waals surface area contributed by atoms with Crippen LogP contribution in [0.2, 0.25) is 0 Å². The lowest BCUT2D eigenvalue weighted by molar-refractivity contribution is 0.0906. The average Bonchev–Trinajstić information content (AvgIpc) is 3.37. The summed E-state index contributed by atoms with van der Waals surface area (Å²) in [6.45, 7) is 5.17. The van der Waals surface area contributed by atoms with Crippen LogP contribution in [-0.4, -0.2) is 46.3 Å². The minimum Gasteiger partial charge on any atom is -0.349 e. The first-order valence-electron chi connectivity index (χ1n) is 11.2. The molecule has 1 aliphatic carbocycles. The zero-order valence-corrected chi connectivity index (χ0v) is 17.8. The predicted octanol–water partition coefficient (Wildman–Crippen LogP) is 3.90. The Balaban J connectivity index is 1.32. The van der Waals surface area contributed by atoms with Crippen LogP contribution in [0.4, 0.5) is 0 Å². The van der Waals surface area contributed by atoms with Gasteiger partial charge in [0.15, 0.2) is 0 Å². The molecule has 2 fully saturated rings. The SMILES string of the molecule is Cc1nn(C)cc1C(=O)NC1CCN(C[C@@H](c2ccccc2)C2CCCC2)CC1. The molecule has 4 rings (SSSR count). The first-order valence-corrected chi connectivity index (χ1v) is 11.2. The van der Waals surface area contributed by atoms with Gasteiger partial charge in [-0.2, -0.15) is 5.10 Å². The Hall–Kier alpha value is -2.14. The standard InChI is InChI=1S/C24H34N4O/c1-18-22(16-27(2)26-18)24(29)25-21-12-14-28(15-13-21)17-23(20-10-6-7-11-20)19-8-4-3-5-9-19/h3-5,8-9,16,20-21,23H,6-7,10-15,17H2,1-2H3,(H,25,29)/t23-/m0/s1. The second-order valence-corrected chi connectivity index (χ2v) is 8.91. The number of rotatable bonds is 6. The number of piperidine rings is 1. The predicted molar refractivity (Wildman–Crippen MR) is 116 cm³/mol. The average molecular weight is 395 g/mol. The second kappa shape index (κ2) is 9.12. The van der Waals surface area contributed by atoms with Crippen LogP contribution >= 0.6 is 0 Å². The quantitative estimate of drug-likeness (QED) is 0.808. The maximum Gasteiger partial charge on any atom is 0.254 e. The lowest BCUT2D eigenvalue weighted by atomic mass is 9.84.